The lowest BCUT2D eigenvalue weighted by molar-refractivity contribution is 0.0992. The zero-order valence-electron chi connectivity index (χ0n) is 13.7. The SMILES string of the molecule is CCOc1ccc(C(=O)N(C)c2cc(Cl)ccc2OC)cc1C. The molecule has 0 saturated heterocycles. The van der Waals surface area contributed by atoms with Crippen molar-refractivity contribution in [2.45, 2.75) is 13.8 Å². The molecule has 5 heteroatoms. The Labute approximate surface area is 141 Å². The van der Waals surface area contributed by atoms with Crippen LogP contribution >= 0.6 is 11.6 Å². The van der Waals surface area contributed by atoms with Crippen LogP contribution in [0.25, 0.3) is 0 Å². The van der Waals surface area contributed by atoms with Crippen molar-refractivity contribution in [3.05, 3.63) is 52.5 Å². The summed E-state index contributed by atoms with van der Waals surface area (Å²) in [5.41, 5.74) is 2.12. The monoisotopic (exact) mass is 333 g/mol. The Morgan fingerprint density at radius 1 is 1.17 bits per heavy atom. The van der Waals surface area contributed by atoms with Crippen LogP contribution in [-0.2, 0) is 0 Å². The molecule has 122 valence electrons. The molecular weight excluding hydrogens is 314 g/mol. The Bertz CT molecular complexity index is 715. The maximum Gasteiger partial charge on any atom is 0.258 e. The highest BCUT2D eigenvalue weighted by molar-refractivity contribution is 6.31. The zero-order chi connectivity index (χ0) is 17.0. The average molecular weight is 334 g/mol. The van der Waals surface area contributed by atoms with Crippen molar-refractivity contribution in [2.75, 3.05) is 25.7 Å². The number of carbonyl (C=O) groups excluding carboxylic acids is 1. The minimum absolute atomic E-state index is 0.142. The van der Waals surface area contributed by atoms with Crippen LogP contribution in [0.3, 0.4) is 0 Å². The topological polar surface area (TPSA) is 38.8 Å². The predicted molar refractivity (Wildman–Crippen MR) is 93.1 cm³/mol. The molecule has 0 saturated carbocycles. The highest BCUT2D eigenvalue weighted by Gasteiger charge is 2.18. The highest BCUT2D eigenvalue weighted by Crippen LogP contribution is 2.31. The van der Waals surface area contributed by atoms with Gasteiger partial charge >= 0.3 is 0 Å². The fraction of sp³-hybridized carbons (Fsp3) is 0.278. The number of halogens is 1. The molecule has 0 N–H and O–H groups in total. The van der Waals surface area contributed by atoms with E-state index in [9.17, 15) is 4.79 Å². The summed E-state index contributed by atoms with van der Waals surface area (Å²) < 4.78 is 10.8. The van der Waals surface area contributed by atoms with E-state index in [-0.39, 0.29) is 5.91 Å². The van der Waals surface area contributed by atoms with Crippen molar-refractivity contribution in [1.29, 1.82) is 0 Å². The van der Waals surface area contributed by atoms with Crippen LogP contribution in [0.15, 0.2) is 36.4 Å². The first-order valence-corrected chi connectivity index (χ1v) is 7.70. The summed E-state index contributed by atoms with van der Waals surface area (Å²) in [6, 6.07) is 10.6. The number of aryl methyl sites for hydroxylation is 1. The first kappa shape index (κ1) is 17.2. The first-order valence-electron chi connectivity index (χ1n) is 7.33. The Morgan fingerprint density at radius 2 is 1.87 bits per heavy atom. The van der Waals surface area contributed by atoms with Crippen LogP contribution in [0.2, 0.25) is 5.02 Å². The quantitative estimate of drug-likeness (QED) is 0.817. The molecule has 2 rings (SSSR count). The predicted octanol–water partition coefficient (Wildman–Crippen LogP) is 4.33. The number of rotatable bonds is 5. The number of ether oxygens (including phenoxy) is 2. The summed E-state index contributed by atoms with van der Waals surface area (Å²) >= 11 is 6.04. The van der Waals surface area contributed by atoms with Gasteiger partial charge in [-0.3, -0.25) is 4.79 Å². The molecule has 23 heavy (non-hydrogen) atoms. The van der Waals surface area contributed by atoms with Gasteiger partial charge in [-0.1, -0.05) is 11.6 Å². The van der Waals surface area contributed by atoms with Gasteiger partial charge in [0.25, 0.3) is 5.91 Å². The van der Waals surface area contributed by atoms with Gasteiger partial charge in [-0.2, -0.15) is 0 Å². The molecule has 1 amide bonds. The minimum Gasteiger partial charge on any atom is -0.495 e. The molecule has 0 heterocycles. The van der Waals surface area contributed by atoms with Crippen LogP contribution in [0, 0.1) is 6.92 Å². The minimum atomic E-state index is -0.142. The third-order valence-corrected chi connectivity index (χ3v) is 3.76. The molecule has 0 radical (unpaired) electrons. The van der Waals surface area contributed by atoms with E-state index in [0.717, 1.165) is 11.3 Å². The van der Waals surface area contributed by atoms with Crippen molar-refractivity contribution in [2.24, 2.45) is 0 Å². The van der Waals surface area contributed by atoms with Gasteiger partial charge in [-0.25, -0.2) is 0 Å². The number of benzene rings is 2. The third kappa shape index (κ3) is 3.77. The van der Waals surface area contributed by atoms with Crippen LogP contribution in [0.4, 0.5) is 5.69 Å². The second-order valence-corrected chi connectivity index (χ2v) is 5.53. The molecule has 0 aliphatic carbocycles. The molecule has 0 fully saturated rings. The number of hydrogen-bond acceptors (Lipinski definition) is 3. The lowest BCUT2D eigenvalue weighted by Crippen LogP contribution is -2.26. The standard InChI is InChI=1S/C18H20ClNO3/c1-5-23-16-8-6-13(10-12(16)2)18(21)20(3)15-11-14(19)7-9-17(15)22-4/h6-11H,5H2,1-4H3. The molecular formula is C18H20ClNO3. The molecule has 4 nitrogen and oxygen atoms in total. The van der Waals surface area contributed by atoms with E-state index >= 15 is 0 Å². The van der Waals surface area contributed by atoms with Crippen LogP contribution in [0.1, 0.15) is 22.8 Å². The van der Waals surface area contributed by atoms with E-state index in [1.54, 1.807) is 38.4 Å². The summed E-state index contributed by atoms with van der Waals surface area (Å²) in [6.45, 7) is 4.44. The van der Waals surface area contributed by atoms with Gasteiger partial charge in [0, 0.05) is 17.6 Å². The summed E-state index contributed by atoms with van der Waals surface area (Å²) in [5.74, 6) is 1.23. The van der Waals surface area contributed by atoms with Crippen molar-refractivity contribution >= 4 is 23.2 Å². The molecule has 0 aliphatic rings. The van der Waals surface area contributed by atoms with Crippen molar-refractivity contribution < 1.29 is 14.3 Å². The number of anilines is 1. The molecule has 0 unspecified atom stereocenters. The Balaban J connectivity index is 2.33. The summed E-state index contributed by atoms with van der Waals surface area (Å²) in [7, 11) is 3.26. The van der Waals surface area contributed by atoms with E-state index in [1.165, 1.54) is 4.90 Å². The zero-order valence-corrected chi connectivity index (χ0v) is 14.5. The van der Waals surface area contributed by atoms with E-state index in [4.69, 9.17) is 21.1 Å². The first-order chi connectivity index (χ1) is 11.0. The van der Waals surface area contributed by atoms with Crippen LogP contribution < -0.4 is 14.4 Å². The van der Waals surface area contributed by atoms with Gasteiger partial charge in [-0.15, -0.1) is 0 Å². The second-order valence-electron chi connectivity index (χ2n) is 5.09. The van der Waals surface area contributed by atoms with Gasteiger partial charge in [0.05, 0.1) is 19.4 Å². The number of hydrogen-bond donors (Lipinski definition) is 0. The maximum atomic E-state index is 12.7. The van der Waals surface area contributed by atoms with Crippen molar-refractivity contribution in [3.63, 3.8) is 0 Å². The summed E-state index contributed by atoms with van der Waals surface area (Å²) in [6.07, 6.45) is 0. The lowest BCUT2D eigenvalue weighted by atomic mass is 10.1. The normalized spacial score (nSPS) is 10.3. The average Bonchev–Trinajstić information content (AvgIpc) is 2.55. The number of methoxy groups -OCH3 is 1. The van der Waals surface area contributed by atoms with Crippen molar-refractivity contribution in [1.82, 2.24) is 0 Å². The Morgan fingerprint density at radius 3 is 2.48 bits per heavy atom. The molecule has 2 aromatic carbocycles. The van der Waals surface area contributed by atoms with Crippen LogP contribution in [-0.4, -0.2) is 26.7 Å². The van der Waals surface area contributed by atoms with E-state index < -0.39 is 0 Å². The van der Waals surface area contributed by atoms with E-state index in [0.29, 0.717) is 28.6 Å². The van der Waals surface area contributed by atoms with Gasteiger partial charge < -0.3 is 14.4 Å². The number of carbonyl (C=O) groups is 1. The van der Waals surface area contributed by atoms with Gasteiger partial charge in [-0.05, 0) is 55.8 Å². The van der Waals surface area contributed by atoms with Crippen LogP contribution in [0.5, 0.6) is 11.5 Å². The third-order valence-electron chi connectivity index (χ3n) is 3.53. The molecule has 0 bridgehead atoms. The van der Waals surface area contributed by atoms with Gasteiger partial charge in [0.1, 0.15) is 11.5 Å². The summed E-state index contributed by atoms with van der Waals surface area (Å²) in [4.78, 5) is 14.3. The number of amides is 1. The largest absolute Gasteiger partial charge is 0.495 e. The fourth-order valence-electron chi connectivity index (χ4n) is 2.33. The molecule has 0 aliphatic heterocycles. The van der Waals surface area contributed by atoms with Gasteiger partial charge in [0.2, 0.25) is 0 Å². The van der Waals surface area contributed by atoms with E-state index in [1.807, 2.05) is 26.0 Å². The second kappa shape index (κ2) is 7.38. The van der Waals surface area contributed by atoms with Gasteiger partial charge in [0.15, 0.2) is 0 Å². The maximum absolute atomic E-state index is 12.7. The molecule has 0 aromatic heterocycles. The lowest BCUT2D eigenvalue weighted by Gasteiger charge is -2.21. The highest BCUT2D eigenvalue weighted by atomic mass is 35.5. The fourth-order valence-corrected chi connectivity index (χ4v) is 2.49. The molecule has 0 atom stereocenters. The van der Waals surface area contributed by atoms with E-state index in [2.05, 4.69) is 0 Å². The number of nitrogens with zero attached hydrogens (tertiary/aromatic N) is 1. The van der Waals surface area contributed by atoms with Crippen molar-refractivity contribution in [3.8, 4) is 11.5 Å². The summed E-state index contributed by atoms with van der Waals surface area (Å²) in [5, 5.41) is 0.545. The molecule has 2 aromatic rings. The molecule has 0 spiro atoms. The Kier molecular flexibility index (Phi) is 5.50. The Hall–Kier alpha value is -2.20. The smallest absolute Gasteiger partial charge is 0.258 e.